The lowest BCUT2D eigenvalue weighted by molar-refractivity contribution is 0.0948. The number of halogens is 2. The highest BCUT2D eigenvalue weighted by molar-refractivity contribution is 6.35. The fourth-order valence-electron chi connectivity index (χ4n) is 2.12. The van der Waals surface area contributed by atoms with Crippen molar-refractivity contribution in [3.8, 4) is 0 Å². The molecule has 0 fully saturated rings. The van der Waals surface area contributed by atoms with E-state index in [0.717, 1.165) is 19.3 Å². The molecule has 0 aliphatic heterocycles. The Morgan fingerprint density at radius 2 is 1.96 bits per heavy atom. The zero-order valence-electron chi connectivity index (χ0n) is 13.7. The summed E-state index contributed by atoms with van der Waals surface area (Å²) in [6.45, 7) is 4.56. The van der Waals surface area contributed by atoms with Crippen molar-refractivity contribution in [2.75, 3.05) is 11.9 Å². The van der Waals surface area contributed by atoms with E-state index < -0.39 is 0 Å². The van der Waals surface area contributed by atoms with Crippen LogP contribution in [0, 0.1) is 6.92 Å². The van der Waals surface area contributed by atoms with Crippen molar-refractivity contribution in [3.05, 3.63) is 45.7 Å². The van der Waals surface area contributed by atoms with Gasteiger partial charge in [-0.15, -0.1) is 0 Å². The molecule has 7 heteroatoms. The van der Waals surface area contributed by atoms with Gasteiger partial charge in [-0.05, 0) is 37.6 Å². The minimum Gasteiger partial charge on any atom is -0.351 e. The van der Waals surface area contributed by atoms with Crippen LogP contribution in [0.25, 0.3) is 0 Å². The molecule has 2 rings (SSSR count). The lowest BCUT2D eigenvalue weighted by Crippen LogP contribution is -2.25. The van der Waals surface area contributed by atoms with Gasteiger partial charge in [0, 0.05) is 17.3 Å². The zero-order chi connectivity index (χ0) is 17.5. The first kappa shape index (κ1) is 18.5. The number of nitrogens with one attached hydrogen (secondary N) is 2. The number of nitrogens with zero attached hydrogens (tertiary/aromatic N) is 2. The van der Waals surface area contributed by atoms with Crippen molar-refractivity contribution < 1.29 is 4.79 Å². The Morgan fingerprint density at radius 3 is 2.71 bits per heavy atom. The van der Waals surface area contributed by atoms with E-state index in [2.05, 4.69) is 27.5 Å². The van der Waals surface area contributed by atoms with Crippen molar-refractivity contribution in [2.45, 2.75) is 33.1 Å². The van der Waals surface area contributed by atoms with Crippen LogP contribution in [0.4, 0.5) is 11.6 Å². The summed E-state index contributed by atoms with van der Waals surface area (Å²) >= 11 is 12.1. The molecule has 0 saturated heterocycles. The van der Waals surface area contributed by atoms with Crippen molar-refractivity contribution in [2.24, 2.45) is 0 Å². The van der Waals surface area contributed by atoms with Crippen LogP contribution >= 0.6 is 23.2 Å². The first-order chi connectivity index (χ1) is 11.5. The lowest BCUT2D eigenvalue weighted by atomic mass is 10.2. The summed E-state index contributed by atoms with van der Waals surface area (Å²) in [6.07, 6.45) is 3.15. The molecule has 0 aliphatic rings. The Morgan fingerprint density at radius 1 is 1.17 bits per heavy atom. The average molecular weight is 367 g/mol. The lowest BCUT2D eigenvalue weighted by Gasteiger charge is -2.10. The van der Waals surface area contributed by atoms with Crippen LogP contribution in [0.3, 0.4) is 0 Å². The number of carbonyl (C=O) groups is 1. The molecule has 1 aromatic heterocycles. The third-order valence-corrected chi connectivity index (χ3v) is 3.89. The molecular weight excluding hydrogens is 347 g/mol. The summed E-state index contributed by atoms with van der Waals surface area (Å²) in [5.41, 5.74) is 1.59. The van der Waals surface area contributed by atoms with Crippen molar-refractivity contribution in [1.29, 1.82) is 0 Å². The highest BCUT2D eigenvalue weighted by atomic mass is 35.5. The normalized spacial score (nSPS) is 10.5. The van der Waals surface area contributed by atoms with Gasteiger partial charge in [0.15, 0.2) is 0 Å². The average Bonchev–Trinajstić information content (AvgIpc) is 2.54. The molecule has 0 bridgehead atoms. The summed E-state index contributed by atoms with van der Waals surface area (Å²) < 4.78 is 0. The Labute approximate surface area is 151 Å². The maximum absolute atomic E-state index is 12.2. The van der Waals surface area contributed by atoms with Crippen molar-refractivity contribution in [1.82, 2.24) is 15.3 Å². The fourth-order valence-corrected chi connectivity index (χ4v) is 2.46. The number of rotatable bonds is 7. The summed E-state index contributed by atoms with van der Waals surface area (Å²) in [5, 5.41) is 6.92. The van der Waals surface area contributed by atoms with E-state index in [1.165, 1.54) is 0 Å². The molecule has 0 saturated carbocycles. The predicted molar refractivity (Wildman–Crippen MR) is 98.4 cm³/mol. The highest BCUT2D eigenvalue weighted by Crippen LogP contribution is 2.27. The Hall–Kier alpha value is -1.85. The molecule has 24 heavy (non-hydrogen) atoms. The van der Waals surface area contributed by atoms with E-state index in [1.807, 2.05) is 0 Å². The summed E-state index contributed by atoms with van der Waals surface area (Å²) in [4.78, 5) is 20.8. The topological polar surface area (TPSA) is 66.9 Å². The molecule has 1 aromatic carbocycles. The molecule has 2 aromatic rings. The third-order valence-electron chi connectivity index (χ3n) is 3.33. The maximum Gasteiger partial charge on any atom is 0.270 e. The second-order valence-corrected chi connectivity index (χ2v) is 6.27. The monoisotopic (exact) mass is 366 g/mol. The minimum absolute atomic E-state index is 0.211. The first-order valence-corrected chi connectivity index (χ1v) is 8.61. The van der Waals surface area contributed by atoms with Crippen LogP contribution in [0.1, 0.15) is 42.4 Å². The number of aromatic nitrogens is 2. The van der Waals surface area contributed by atoms with Crippen LogP contribution in [0.5, 0.6) is 0 Å². The van der Waals surface area contributed by atoms with Crippen LogP contribution in [-0.4, -0.2) is 22.4 Å². The zero-order valence-corrected chi connectivity index (χ0v) is 15.2. The van der Waals surface area contributed by atoms with E-state index in [0.29, 0.717) is 39.6 Å². The smallest absolute Gasteiger partial charge is 0.270 e. The number of hydrogen-bond acceptors (Lipinski definition) is 4. The number of unbranched alkanes of at least 4 members (excludes halogenated alkanes) is 2. The molecule has 0 spiro atoms. The SMILES string of the molecule is CCCCCNC(=O)c1cc(C)nc(Nc2cc(Cl)ccc2Cl)n1. The second kappa shape index (κ2) is 8.85. The van der Waals surface area contributed by atoms with Gasteiger partial charge in [0.1, 0.15) is 5.69 Å². The molecular formula is C17H20Cl2N4O. The molecule has 0 radical (unpaired) electrons. The Balaban J connectivity index is 2.13. The second-order valence-electron chi connectivity index (χ2n) is 5.43. The minimum atomic E-state index is -0.211. The molecule has 1 heterocycles. The third kappa shape index (κ3) is 5.35. The van der Waals surface area contributed by atoms with E-state index in [1.54, 1.807) is 31.2 Å². The number of amides is 1. The van der Waals surface area contributed by atoms with Gasteiger partial charge >= 0.3 is 0 Å². The van der Waals surface area contributed by atoms with Gasteiger partial charge in [-0.25, -0.2) is 9.97 Å². The van der Waals surface area contributed by atoms with Crippen molar-refractivity contribution in [3.63, 3.8) is 0 Å². The van der Waals surface area contributed by atoms with Gasteiger partial charge in [-0.3, -0.25) is 4.79 Å². The molecule has 5 nitrogen and oxygen atoms in total. The standard InChI is InChI=1S/C17H20Cl2N4O/c1-3-4-5-8-20-16(24)15-9-11(2)21-17(23-15)22-14-10-12(18)6-7-13(14)19/h6-7,9-10H,3-5,8H2,1-2H3,(H,20,24)(H,21,22,23). The van der Waals surface area contributed by atoms with E-state index in [4.69, 9.17) is 23.2 Å². The molecule has 0 unspecified atom stereocenters. The quantitative estimate of drug-likeness (QED) is 0.693. The van der Waals surface area contributed by atoms with Crippen LogP contribution in [0.2, 0.25) is 10.0 Å². The van der Waals surface area contributed by atoms with E-state index >= 15 is 0 Å². The first-order valence-electron chi connectivity index (χ1n) is 7.85. The van der Waals surface area contributed by atoms with Crippen LogP contribution in [-0.2, 0) is 0 Å². The molecule has 1 amide bonds. The predicted octanol–water partition coefficient (Wildman–Crippen LogP) is 4.76. The molecule has 0 aliphatic carbocycles. The number of anilines is 2. The number of hydrogen-bond donors (Lipinski definition) is 2. The number of aryl methyl sites for hydroxylation is 1. The van der Waals surface area contributed by atoms with Gasteiger partial charge in [0.25, 0.3) is 5.91 Å². The van der Waals surface area contributed by atoms with Crippen LogP contribution in [0.15, 0.2) is 24.3 Å². The van der Waals surface area contributed by atoms with Gasteiger partial charge in [-0.1, -0.05) is 43.0 Å². The van der Waals surface area contributed by atoms with Gasteiger partial charge < -0.3 is 10.6 Å². The number of carbonyl (C=O) groups excluding carboxylic acids is 1. The van der Waals surface area contributed by atoms with Crippen LogP contribution < -0.4 is 10.6 Å². The molecule has 2 N–H and O–H groups in total. The number of benzene rings is 1. The highest BCUT2D eigenvalue weighted by Gasteiger charge is 2.11. The largest absolute Gasteiger partial charge is 0.351 e. The molecule has 0 atom stereocenters. The van der Waals surface area contributed by atoms with Crippen molar-refractivity contribution >= 4 is 40.7 Å². The van der Waals surface area contributed by atoms with E-state index in [-0.39, 0.29) is 5.91 Å². The maximum atomic E-state index is 12.2. The van der Waals surface area contributed by atoms with Gasteiger partial charge in [0.05, 0.1) is 10.7 Å². The summed E-state index contributed by atoms with van der Waals surface area (Å²) in [7, 11) is 0. The van der Waals surface area contributed by atoms with E-state index in [9.17, 15) is 4.79 Å². The molecule has 128 valence electrons. The van der Waals surface area contributed by atoms with Gasteiger partial charge in [0.2, 0.25) is 5.95 Å². The summed E-state index contributed by atoms with van der Waals surface area (Å²) in [6, 6.07) is 6.71. The summed E-state index contributed by atoms with van der Waals surface area (Å²) in [5.74, 6) is 0.0923. The Bertz CT molecular complexity index is 722. The fraction of sp³-hybridized carbons (Fsp3) is 0.353. The Kier molecular flexibility index (Phi) is 6.82. The van der Waals surface area contributed by atoms with Gasteiger partial charge in [-0.2, -0.15) is 0 Å².